The molecule has 2 rings (SSSR count). The SMILES string of the molecule is CCCNC(Cc1ccc(C)cn1)c1ccc(CC)s1. The van der Waals surface area contributed by atoms with Crippen molar-refractivity contribution in [3.63, 3.8) is 0 Å². The summed E-state index contributed by atoms with van der Waals surface area (Å²) in [7, 11) is 0. The van der Waals surface area contributed by atoms with Crippen molar-refractivity contribution in [3.05, 3.63) is 51.5 Å². The van der Waals surface area contributed by atoms with Gasteiger partial charge in [0, 0.05) is 34.1 Å². The van der Waals surface area contributed by atoms with E-state index in [0.717, 1.165) is 31.5 Å². The number of aromatic nitrogens is 1. The molecule has 2 nitrogen and oxygen atoms in total. The number of pyridine rings is 1. The molecule has 0 saturated heterocycles. The summed E-state index contributed by atoms with van der Waals surface area (Å²) in [6.07, 6.45) is 5.19. The molecule has 0 spiro atoms. The molecule has 0 radical (unpaired) electrons. The van der Waals surface area contributed by atoms with Gasteiger partial charge in [-0.25, -0.2) is 0 Å². The molecule has 108 valence electrons. The maximum atomic E-state index is 4.54. The minimum absolute atomic E-state index is 0.385. The number of rotatable bonds is 7. The van der Waals surface area contributed by atoms with Crippen LogP contribution in [0, 0.1) is 6.92 Å². The van der Waals surface area contributed by atoms with E-state index in [9.17, 15) is 0 Å². The van der Waals surface area contributed by atoms with Crippen LogP contribution in [0.5, 0.6) is 0 Å². The highest BCUT2D eigenvalue weighted by atomic mass is 32.1. The van der Waals surface area contributed by atoms with Gasteiger partial charge in [0.25, 0.3) is 0 Å². The van der Waals surface area contributed by atoms with E-state index < -0.39 is 0 Å². The molecule has 0 aromatic carbocycles. The van der Waals surface area contributed by atoms with Crippen molar-refractivity contribution in [1.82, 2.24) is 10.3 Å². The zero-order valence-corrected chi connectivity index (χ0v) is 13.5. The Balaban J connectivity index is 2.12. The lowest BCUT2D eigenvalue weighted by Crippen LogP contribution is -2.23. The van der Waals surface area contributed by atoms with Gasteiger partial charge in [-0.2, -0.15) is 0 Å². The fourth-order valence-corrected chi connectivity index (χ4v) is 3.22. The Morgan fingerprint density at radius 3 is 2.65 bits per heavy atom. The van der Waals surface area contributed by atoms with Crippen molar-refractivity contribution in [2.75, 3.05) is 6.54 Å². The normalized spacial score (nSPS) is 12.6. The summed E-state index contributed by atoms with van der Waals surface area (Å²) < 4.78 is 0. The number of nitrogens with one attached hydrogen (secondary N) is 1. The van der Waals surface area contributed by atoms with Gasteiger partial charge in [-0.1, -0.05) is 19.9 Å². The molecule has 0 amide bonds. The fourth-order valence-electron chi connectivity index (χ4n) is 2.19. The van der Waals surface area contributed by atoms with Gasteiger partial charge in [-0.15, -0.1) is 11.3 Å². The maximum Gasteiger partial charge on any atom is 0.0470 e. The second-order valence-electron chi connectivity index (χ2n) is 5.20. The van der Waals surface area contributed by atoms with E-state index in [1.807, 2.05) is 17.5 Å². The molecule has 0 aliphatic heterocycles. The average molecular weight is 288 g/mol. The third-order valence-electron chi connectivity index (χ3n) is 3.40. The van der Waals surface area contributed by atoms with Gasteiger partial charge in [0.15, 0.2) is 0 Å². The third kappa shape index (κ3) is 4.15. The Labute approximate surface area is 126 Å². The van der Waals surface area contributed by atoms with Crippen LogP contribution in [0.2, 0.25) is 0 Å². The van der Waals surface area contributed by atoms with Gasteiger partial charge in [0.05, 0.1) is 0 Å². The molecule has 1 unspecified atom stereocenters. The van der Waals surface area contributed by atoms with Crippen LogP contribution in [0.1, 0.15) is 47.3 Å². The first kappa shape index (κ1) is 15.2. The Bertz CT molecular complexity index is 516. The van der Waals surface area contributed by atoms with E-state index in [1.165, 1.54) is 15.3 Å². The summed E-state index contributed by atoms with van der Waals surface area (Å²) in [6.45, 7) is 7.55. The highest BCUT2D eigenvalue weighted by Gasteiger charge is 2.14. The summed E-state index contributed by atoms with van der Waals surface area (Å²) in [5, 5.41) is 3.66. The van der Waals surface area contributed by atoms with Gasteiger partial charge in [0.1, 0.15) is 0 Å². The summed E-state index contributed by atoms with van der Waals surface area (Å²) in [6, 6.07) is 9.19. The topological polar surface area (TPSA) is 24.9 Å². The van der Waals surface area contributed by atoms with Crippen LogP contribution in [0.15, 0.2) is 30.5 Å². The molecule has 0 fully saturated rings. The lowest BCUT2D eigenvalue weighted by Gasteiger charge is -2.17. The number of aryl methyl sites for hydroxylation is 2. The standard InChI is InChI=1S/C17H24N2S/c1-4-10-18-16(17-9-8-15(5-2)20-17)11-14-7-6-13(3)12-19-14/h6-9,12,16,18H,4-5,10-11H2,1-3H3. The molecule has 2 heterocycles. The molecule has 3 heteroatoms. The van der Waals surface area contributed by atoms with Crippen LogP contribution >= 0.6 is 11.3 Å². The molecule has 0 aliphatic carbocycles. The molecule has 0 saturated carbocycles. The van der Waals surface area contributed by atoms with Crippen molar-refractivity contribution in [2.24, 2.45) is 0 Å². The minimum Gasteiger partial charge on any atom is -0.309 e. The van der Waals surface area contributed by atoms with Gasteiger partial charge in [-0.3, -0.25) is 4.98 Å². The molecule has 0 aliphatic rings. The van der Waals surface area contributed by atoms with E-state index in [-0.39, 0.29) is 0 Å². The predicted octanol–water partition coefficient (Wildman–Crippen LogP) is 4.30. The molecule has 2 aromatic heterocycles. The molecule has 1 atom stereocenters. The van der Waals surface area contributed by atoms with Crippen molar-refractivity contribution in [2.45, 2.75) is 46.1 Å². The number of hydrogen-bond acceptors (Lipinski definition) is 3. The highest BCUT2D eigenvalue weighted by molar-refractivity contribution is 7.12. The van der Waals surface area contributed by atoms with Crippen molar-refractivity contribution < 1.29 is 0 Å². The number of hydrogen-bond donors (Lipinski definition) is 1. The van der Waals surface area contributed by atoms with Gasteiger partial charge < -0.3 is 5.32 Å². The molecular formula is C17H24N2S. The van der Waals surface area contributed by atoms with E-state index in [2.05, 4.69) is 55.3 Å². The van der Waals surface area contributed by atoms with Gasteiger partial charge >= 0.3 is 0 Å². The van der Waals surface area contributed by atoms with Gasteiger partial charge in [-0.05, 0) is 50.1 Å². The average Bonchev–Trinajstić information content (AvgIpc) is 2.94. The van der Waals surface area contributed by atoms with Crippen molar-refractivity contribution in [3.8, 4) is 0 Å². The zero-order valence-electron chi connectivity index (χ0n) is 12.6. The second-order valence-corrected chi connectivity index (χ2v) is 6.40. The molecule has 1 N–H and O–H groups in total. The largest absolute Gasteiger partial charge is 0.309 e. The van der Waals surface area contributed by atoms with E-state index >= 15 is 0 Å². The smallest absolute Gasteiger partial charge is 0.0470 e. The monoisotopic (exact) mass is 288 g/mol. The van der Waals surface area contributed by atoms with Crippen molar-refractivity contribution >= 4 is 11.3 Å². The van der Waals surface area contributed by atoms with E-state index in [4.69, 9.17) is 0 Å². The minimum atomic E-state index is 0.385. The first-order chi connectivity index (χ1) is 9.72. The highest BCUT2D eigenvalue weighted by Crippen LogP contribution is 2.26. The van der Waals surface area contributed by atoms with Crippen molar-refractivity contribution in [1.29, 1.82) is 0 Å². The third-order valence-corrected chi connectivity index (χ3v) is 4.74. The lowest BCUT2D eigenvalue weighted by molar-refractivity contribution is 0.531. The van der Waals surface area contributed by atoms with E-state index in [0.29, 0.717) is 6.04 Å². The summed E-state index contributed by atoms with van der Waals surface area (Å²) >= 11 is 1.92. The van der Waals surface area contributed by atoms with Crippen LogP contribution in [-0.4, -0.2) is 11.5 Å². The fraction of sp³-hybridized carbons (Fsp3) is 0.471. The van der Waals surface area contributed by atoms with Crippen LogP contribution in [0.3, 0.4) is 0 Å². The first-order valence-corrected chi connectivity index (χ1v) is 8.28. The summed E-state index contributed by atoms with van der Waals surface area (Å²) in [5.74, 6) is 0. The first-order valence-electron chi connectivity index (χ1n) is 7.46. The molecule has 20 heavy (non-hydrogen) atoms. The van der Waals surface area contributed by atoms with Crippen LogP contribution in [0.25, 0.3) is 0 Å². The Morgan fingerprint density at radius 2 is 2.05 bits per heavy atom. The zero-order chi connectivity index (χ0) is 14.4. The predicted molar refractivity (Wildman–Crippen MR) is 87.4 cm³/mol. The summed E-state index contributed by atoms with van der Waals surface area (Å²) in [4.78, 5) is 7.43. The van der Waals surface area contributed by atoms with Crippen LogP contribution in [-0.2, 0) is 12.8 Å². The van der Waals surface area contributed by atoms with E-state index in [1.54, 1.807) is 0 Å². The molecular weight excluding hydrogens is 264 g/mol. The second kappa shape index (κ2) is 7.55. The molecule has 0 bridgehead atoms. The molecule has 2 aromatic rings. The Hall–Kier alpha value is -1.19. The van der Waals surface area contributed by atoms with Crippen LogP contribution < -0.4 is 5.32 Å². The quantitative estimate of drug-likeness (QED) is 0.821. The lowest BCUT2D eigenvalue weighted by atomic mass is 10.1. The maximum absolute atomic E-state index is 4.54. The summed E-state index contributed by atoms with van der Waals surface area (Å²) in [5.41, 5.74) is 2.38. The van der Waals surface area contributed by atoms with Gasteiger partial charge in [0.2, 0.25) is 0 Å². The Morgan fingerprint density at radius 1 is 1.20 bits per heavy atom. The number of nitrogens with zero attached hydrogens (tertiary/aromatic N) is 1. The number of thiophene rings is 1. The Kier molecular flexibility index (Phi) is 5.74. The van der Waals surface area contributed by atoms with Crippen LogP contribution in [0.4, 0.5) is 0 Å².